The van der Waals surface area contributed by atoms with Gasteiger partial charge in [-0.1, -0.05) is 6.58 Å². The molecule has 0 atom stereocenters. The summed E-state index contributed by atoms with van der Waals surface area (Å²) in [6, 6.07) is 0. The van der Waals surface area contributed by atoms with Crippen LogP contribution in [0.25, 0.3) is 0 Å². The first-order valence-corrected chi connectivity index (χ1v) is 3.54. The summed E-state index contributed by atoms with van der Waals surface area (Å²) >= 11 is 0. The van der Waals surface area contributed by atoms with Crippen molar-refractivity contribution < 1.29 is 26.9 Å². The Morgan fingerprint density at radius 2 is 1.64 bits per heavy atom. The fourth-order valence-corrected chi connectivity index (χ4v) is 0. The topological polar surface area (TPSA) is 121 Å². The number of hydrogen-bond acceptors (Lipinski definition) is 2. The van der Waals surface area contributed by atoms with Crippen LogP contribution >= 0.6 is 7.82 Å². The molecule has 8 heteroatoms. The molecule has 0 aliphatic carbocycles. The van der Waals surface area contributed by atoms with Gasteiger partial charge in [0.05, 0.1) is 0 Å². The predicted octanol–water partition coefficient (Wildman–Crippen LogP) is -1.43. The molecule has 0 spiro atoms. The van der Waals surface area contributed by atoms with E-state index in [-0.39, 0.29) is 40.6 Å². The Morgan fingerprint density at radius 3 is 1.64 bits per heavy atom. The van der Waals surface area contributed by atoms with Gasteiger partial charge in [0.25, 0.3) is 0 Å². The van der Waals surface area contributed by atoms with Crippen molar-refractivity contribution >= 4 is 51.5 Å². The molecule has 0 bridgehead atoms. The van der Waals surface area contributed by atoms with Crippen LogP contribution in [0.2, 0.25) is 0 Å². The summed E-state index contributed by atoms with van der Waals surface area (Å²) in [5.74, 6) is -0.481. The van der Waals surface area contributed by atoms with Crippen molar-refractivity contribution in [2.75, 3.05) is 0 Å². The van der Waals surface area contributed by atoms with Gasteiger partial charge in [-0.25, -0.2) is 4.57 Å². The Kier molecular flexibility index (Phi) is 13.9. The Balaban J connectivity index is -0.0000000267. The Labute approximate surface area is 96.3 Å². The van der Waals surface area contributed by atoms with Crippen molar-refractivity contribution in [1.29, 1.82) is 0 Å². The van der Waals surface area contributed by atoms with Crippen LogP contribution in [0, 0.1) is 0 Å². The molecule has 0 saturated heterocycles. The van der Waals surface area contributed by atoms with E-state index in [4.69, 9.17) is 19.2 Å². The van der Waals surface area contributed by atoms with Gasteiger partial charge in [-0.05, 0) is 6.08 Å². The summed E-state index contributed by atoms with van der Waals surface area (Å²) in [5, 5.41) is 0. The van der Waals surface area contributed by atoms with Gasteiger partial charge in [-0.3, -0.25) is 4.79 Å². The average Bonchev–Trinajstić information content (AvgIpc) is 1.61. The van der Waals surface area contributed by atoms with Crippen LogP contribution in [0.5, 0.6) is 0 Å². The van der Waals surface area contributed by atoms with Gasteiger partial charge in [0, 0.05) is 0 Å². The van der Waals surface area contributed by atoms with Crippen molar-refractivity contribution in [2.24, 2.45) is 5.73 Å². The van der Waals surface area contributed by atoms with E-state index in [1.54, 1.807) is 0 Å². The summed E-state index contributed by atoms with van der Waals surface area (Å²) in [6.45, 7) is 3.09. The molecule has 0 fully saturated rings. The molecule has 11 heavy (non-hydrogen) atoms. The van der Waals surface area contributed by atoms with Crippen LogP contribution in [0.1, 0.15) is 2.85 Å². The zero-order valence-electron chi connectivity index (χ0n) is 7.67. The average molecular weight is 211 g/mol. The van der Waals surface area contributed by atoms with Crippen molar-refractivity contribution in [3.63, 3.8) is 0 Å². The Hall–Kier alpha value is 0.580. The van der Waals surface area contributed by atoms with E-state index in [2.05, 4.69) is 12.3 Å². The molecule has 0 rings (SSSR count). The summed E-state index contributed by atoms with van der Waals surface area (Å²) in [5.41, 5.74) is 4.53. The molecule has 0 aromatic rings. The number of carbonyl (C=O) groups excluding carboxylic acids is 1. The summed E-state index contributed by atoms with van der Waals surface area (Å²) in [7, 11) is -4.64. The van der Waals surface area contributed by atoms with Crippen molar-refractivity contribution in [2.45, 2.75) is 0 Å². The molecule has 0 radical (unpaired) electrons. The maximum atomic E-state index is 9.47. The van der Waals surface area contributed by atoms with Crippen molar-refractivity contribution in [3.8, 4) is 0 Å². The third kappa shape index (κ3) is 117. The number of phosphoric acid groups is 1. The normalized spacial score (nSPS) is 8.27. The molecule has 0 aromatic carbocycles. The second kappa shape index (κ2) is 8.67. The van der Waals surface area contributed by atoms with E-state index in [0.717, 1.165) is 6.08 Å². The minimum Gasteiger partial charge on any atom is -1.00 e. The molecule has 0 saturated carbocycles. The zero-order valence-corrected chi connectivity index (χ0v) is 8.78. The molecule has 64 valence electrons. The zero-order chi connectivity index (χ0) is 8.78. The standard InChI is InChI=1S/C3H5NO.Ca.H3O4P.2H/c1-2-3(4)5;;1-5(2,3)4;;/h2H,1H2,(H2,4,5);;(H3,1,2,3,4);;/q;+2;;2*-1. The fraction of sp³-hybridized carbons (Fsp3) is 0. The van der Waals surface area contributed by atoms with Crippen LogP contribution in [-0.4, -0.2) is 58.3 Å². The third-order valence-corrected chi connectivity index (χ3v) is 0.201. The Bertz CT molecular complexity index is 165. The van der Waals surface area contributed by atoms with E-state index in [0.29, 0.717) is 0 Å². The summed E-state index contributed by atoms with van der Waals surface area (Å²) in [6.07, 6.45) is 1.06. The largest absolute Gasteiger partial charge is 2.00 e. The number of carbonyl (C=O) groups is 1. The number of rotatable bonds is 1. The third-order valence-electron chi connectivity index (χ3n) is 0.201. The molecule has 0 aliphatic rings. The molecule has 0 aromatic heterocycles. The SMILES string of the molecule is C=CC(N)=O.O=P(O)(O)O.[Ca+2].[H-].[H-]. The number of hydrogen-bond donors (Lipinski definition) is 4. The number of nitrogens with two attached hydrogens (primary N) is 1. The fourth-order valence-electron chi connectivity index (χ4n) is 0. The van der Waals surface area contributed by atoms with E-state index in [1.807, 2.05) is 0 Å². The van der Waals surface area contributed by atoms with Crippen molar-refractivity contribution in [3.05, 3.63) is 12.7 Å². The molecule has 1 amide bonds. The maximum absolute atomic E-state index is 9.47. The van der Waals surface area contributed by atoms with Gasteiger partial charge < -0.3 is 23.3 Å². The molecular weight excluding hydrogens is 201 g/mol. The molecule has 0 aliphatic heterocycles. The van der Waals surface area contributed by atoms with Crippen LogP contribution < -0.4 is 5.73 Å². The van der Waals surface area contributed by atoms with Gasteiger partial charge in [-0.2, -0.15) is 0 Å². The van der Waals surface area contributed by atoms with Crippen LogP contribution in [0.3, 0.4) is 0 Å². The summed E-state index contributed by atoms with van der Waals surface area (Å²) in [4.78, 5) is 31.0. The minimum absolute atomic E-state index is 0. The first-order valence-electron chi connectivity index (χ1n) is 1.97. The summed E-state index contributed by atoms with van der Waals surface area (Å²) < 4.78 is 8.88. The van der Waals surface area contributed by atoms with Crippen LogP contribution in [0.4, 0.5) is 0 Å². The molecule has 5 N–H and O–H groups in total. The predicted molar refractivity (Wildman–Crippen MR) is 41.6 cm³/mol. The van der Waals surface area contributed by atoms with E-state index in [9.17, 15) is 4.79 Å². The number of primary amides is 1. The first kappa shape index (κ1) is 17.6. The second-order valence-electron chi connectivity index (χ2n) is 1.12. The van der Waals surface area contributed by atoms with Gasteiger partial charge >= 0.3 is 45.6 Å². The maximum Gasteiger partial charge on any atom is 2.00 e. The van der Waals surface area contributed by atoms with E-state index in [1.165, 1.54) is 0 Å². The van der Waals surface area contributed by atoms with E-state index >= 15 is 0 Å². The smallest absolute Gasteiger partial charge is 1.00 e. The van der Waals surface area contributed by atoms with E-state index < -0.39 is 13.7 Å². The van der Waals surface area contributed by atoms with Gasteiger partial charge in [0.2, 0.25) is 5.91 Å². The first-order chi connectivity index (χ1) is 4.27. The minimum atomic E-state index is -4.64. The molecule has 0 heterocycles. The van der Waals surface area contributed by atoms with Gasteiger partial charge in [-0.15, -0.1) is 0 Å². The van der Waals surface area contributed by atoms with Crippen molar-refractivity contribution in [1.82, 2.24) is 0 Å². The Morgan fingerprint density at radius 1 is 1.55 bits per heavy atom. The monoisotopic (exact) mass is 211 g/mol. The number of amides is 1. The molecule has 6 nitrogen and oxygen atoms in total. The van der Waals surface area contributed by atoms with Gasteiger partial charge in [0.15, 0.2) is 0 Å². The second-order valence-corrected chi connectivity index (χ2v) is 2.15. The van der Waals surface area contributed by atoms with Crippen LogP contribution in [0.15, 0.2) is 12.7 Å². The van der Waals surface area contributed by atoms with Crippen LogP contribution in [-0.2, 0) is 9.36 Å². The molecule has 0 unspecified atom stereocenters. The quantitative estimate of drug-likeness (QED) is 0.241. The molecular formula is C3H10CaNO5P. The van der Waals surface area contributed by atoms with Gasteiger partial charge in [0.1, 0.15) is 0 Å².